The van der Waals surface area contributed by atoms with Crippen LogP contribution in [0.1, 0.15) is 6.42 Å². The molecule has 0 unspecified atom stereocenters. The van der Waals surface area contributed by atoms with Gasteiger partial charge in [0.05, 0.1) is 12.7 Å². The molecule has 0 aromatic heterocycles. The molecule has 0 spiro atoms. The minimum Gasteiger partial charge on any atom is -0.394 e. The van der Waals surface area contributed by atoms with Crippen molar-refractivity contribution < 1.29 is 30.0 Å². The maximum Gasteiger partial charge on any atom is 0.255 e. The van der Waals surface area contributed by atoms with E-state index in [1.807, 2.05) is 0 Å². The molecule has 3 atom stereocenters. The first kappa shape index (κ1) is 14.7. The lowest BCUT2D eigenvalue weighted by Gasteiger charge is -2.18. The summed E-state index contributed by atoms with van der Waals surface area (Å²) in [6, 6.07) is 0. The summed E-state index contributed by atoms with van der Waals surface area (Å²) >= 11 is 0. The van der Waals surface area contributed by atoms with E-state index in [4.69, 9.17) is 10.2 Å². The standard InChI is InChI=1S/C9H15NO6/c1-2-8(15)10-9(16)6(13)3-5(12)7(14)4-11/h2,5-7,11-14H,1,3-4H2,(H,10,15,16)/t5-,6+,7+/m0/s1. The molecule has 0 aromatic carbocycles. The number of carbonyl (C=O) groups is 2. The van der Waals surface area contributed by atoms with Gasteiger partial charge < -0.3 is 20.4 Å². The molecule has 92 valence electrons. The number of amides is 2. The molecule has 0 saturated heterocycles. The third-order valence-electron chi connectivity index (χ3n) is 1.83. The number of carbonyl (C=O) groups excluding carboxylic acids is 2. The fourth-order valence-corrected chi connectivity index (χ4v) is 0.870. The zero-order valence-electron chi connectivity index (χ0n) is 8.54. The maximum atomic E-state index is 11.1. The quantitative estimate of drug-likeness (QED) is 0.317. The molecule has 0 bridgehead atoms. The second kappa shape index (κ2) is 7.07. The summed E-state index contributed by atoms with van der Waals surface area (Å²) in [4.78, 5) is 21.8. The van der Waals surface area contributed by atoms with Gasteiger partial charge in [0.15, 0.2) is 0 Å². The summed E-state index contributed by atoms with van der Waals surface area (Å²) < 4.78 is 0. The van der Waals surface area contributed by atoms with Gasteiger partial charge in [-0.25, -0.2) is 0 Å². The Hall–Kier alpha value is -1.28. The van der Waals surface area contributed by atoms with Crippen LogP contribution in [0.4, 0.5) is 0 Å². The SMILES string of the molecule is C=CC(=O)NC(=O)[C@H](O)C[C@H](O)[C@H](O)CO. The molecule has 0 saturated carbocycles. The van der Waals surface area contributed by atoms with Crippen LogP contribution in [0.25, 0.3) is 0 Å². The van der Waals surface area contributed by atoms with Crippen LogP contribution in [0.3, 0.4) is 0 Å². The predicted octanol–water partition coefficient (Wildman–Crippen LogP) is -2.72. The largest absolute Gasteiger partial charge is 0.394 e. The molecular weight excluding hydrogens is 218 g/mol. The monoisotopic (exact) mass is 233 g/mol. The van der Waals surface area contributed by atoms with E-state index in [1.165, 1.54) is 0 Å². The first-order valence-corrected chi connectivity index (χ1v) is 4.54. The summed E-state index contributed by atoms with van der Waals surface area (Å²) in [6.07, 6.45) is -4.19. The number of nitrogens with one attached hydrogen (secondary N) is 1. The first-order chi connectivity index (χ1) is 7.42. The highest BCUT2D eigenvalue weighted by Gasteiger charge is 2.24. The Morgan fingerprint density at radius 2 is 1.81 bits per heavy atom. The summed E-state index contributed by atoms with van der Waals surface area (Å²) in [5.41, 5.74) is 0. The van der Waals surface area contributed by atoms with Crippen molar-refractivity contribution in [3.8, 4) is 0 Å². The van der Waals surface area contributed by atoms with Crippen molar-refractivity contribution in [3.05, 3.63) is 12.7 Å². The Labute approximate surface area is 92.0 Å². The van der Waals surface area contributed by atoms with Crippen LogP contribution in [0.2, 0.25) is 0 Å². The number of hydrogen-bond acceptors (Lipinski definition) is 6. The normalized spacial score (nSPS) is 16.0. The second-order valence-electron chi connectivity index (χ2n) is 3.13. The van der Waals surface area contributed by atoms with Gasteiger partial charge in [0.1, 0.15) is 12.2 Å². The fraction of sp³-hybridized carbons (Fsp3) is 0.556. The number of hydrogen-bond donors (Lipinski definition) is 5. The summed E-state index contributed by atoms with van der Waals surface area (Å²) in [5.74, 6) is -1.78. The van der Waals surface area contributed by atoms with Crippen molar-refractivity contribution in [3.63, 3.8) is 0 Å². The van der Waals surface area contributed by atoms with Crippen LogP contribution < -0.4 is 5.32 Å². The van der Waals surface area contributed by atoms with Gasteiger partial charge in [-0.3, -0.25) is 14.9 Å². The van der Waals surface area contributed by atoms with Crippen LogP contribution in [0.5, 0.6) is 0 Å². The molecular formula is C9H15NO6. The van der Waals surface area contributed by atoms with E-state index >= 15 is 0 Å². The van der Waals surface area contributed by atoms with E-state index < -0.39 is 43.2 Å². The van der Waals surface area contributed by atoms with Gasteiger partial charge in [-0.05, 0) is 6.08 Å². The van der Waals surface area contributed by atoms with Crippen LogP contribution in [-0.2, 0) is 9.59 Å². The lowest BCUT2D eigenvalue weighted by molar-refractivity contribution is -0.136. The molecule has 2 amide bonds. The zero-order valence-corrected chi connectivity index (χ0v) is 8.54. The Bertz CT molecular complexity index is 267. The third kappa shape index (κ3) is 4.99. The van der Waals surface area contributed by atoms with E-state index in [1.54, 1.807) is 5.32 Å². The van der Waals surface area contributed by atoms with Crippen molar-refractivity contribution in [2.75, 3.05) is 6.61 Å². The lowest BCUT2D eigenvalue weighted by atomic mass is 10.1. The smallest absolute Gasteiger partial charge is 0.255 e. The first-order valence-electron chi connectivity index (χ1n) is 4.54. The second-order valence-corrected chi connectivity index (χ2v) is 3.13. The van der Waals surface area contributed by atoms with Gasteiger partial charge in [0, 0.05) is 6.42 Å². The molecule has 0 aliphatic carbocycles. The highest BCUT2D eigenvalue weighted by molar-refractivity contribution is 6.01. The Morgan fingerprint density at radius 3 is 2.25 bits per heavy atom. The van der Waals surface area contributed by atoms with Crippen molar-refractivity contribution in [1.82, 2.24) is 5.32 Å². The third-order valence-corrected chi connectivity index (χ3v) is 1.83. The fourth-order valence-electron chi connectivity index (χ4n) is 0.870. The summed E-state index contributed by atoms with van der Waals surface area (Å²) in [5, 5.41) is 37.6. The van der Waals surface area contributed by atoms with E-state index in [-0.39, 0.29) is 0 Å². The molecule has 0 aromatic rings. The van der Waals surface area contributed by atoms with Gasteiger partial charge in [-0.2, -0.15) is 0 Å². The summed E-state index contributed by atoms with van der Waals surface area (Å²) in [6.45, 7) is 2.41. The van der Waals surface area contributed by atoms with Gasteiger partial charge >= 0.3 is 0 Å². The van der Waals surface area contributed by atoms with Gasteiger partial charge in [-0.1, -0.05) is 6.58 Å². The van der Waals surface area contributed by atoms with Crippen molar-refractivity contribution >= 4 is 11.8 Å². The topological polar surface area (TPSA) is 127 Å². The molecule has 7 heteroatoms. The van der Waals surface area contributed by atoms with Crippen LogP contribution in [0, 0.1) is 0 Å². The van der Waals surface area contributed by atoms with Gasteiger partial charge in [0.25, 0.3) is 5.91 Å². The van der Waals surface area contributed by atoms with Crippen molar-refractivity contribution in [2.45, 2.75) is 24.7 Å². The highest BCUT2D eigenvalue weighted by Crippen LogP contribution is 2.03. The molecule has 0 heterocycles. The maximum absolute atomic E-state index is 11.1. The number of imide groups is 1. The molecule has 0 aliphatic rings. The number of aliphatic hydroxyl groups is 4. The lowest BCUT2D eigenvalue weighted by Crippen LogP contribution is -2.42. The molecule has 0 radical (unpaired) electrons. The minimum absolute atomic E-state index is 0.488. The molecule has 0 fully saturated rings. The molecule has 7 nitrogen and oxygen atoms in total. The number of rotatable bonds is 6. The van der Waals surface area contributed by atoms with Crippen LogP contribution in [-0.4, -0.2) is 57.2 Å². The highest BCUT2D eigenvalue weighted by atomic mass is 16.4. The van der Waals surface area contributed by atoms with Gasteiger partial charge in [0.2, 0.25) is 5.91 Å². The number of aliphatic hydroxyl groups excluding tert-OH is 4. The molecule has 0 aliphatic heterocycles. The minimum atomic E-state index is -1.65. The van der Waals surface area contributed by atoms with Gasteiger partial charge in [-0.15, -0.1) is 0 Å². The summed E-state index contributed by atoms with van der Waals surface area (Å²) in [7, 11) is 0. The van der Waals surface area contributed by atoms with E-state index in [0.717, 1.165) is 6.08 Å². The van der Waals surface area contributed by atoms with E-state index in [0.29, 0.717) is 0 Å². The zero-order chi connectivity index (χ0) is 12.7. The Morgan fingerprint density at radius 1 is 1.25 bits per heavy atom. The van der Waals surface area contributed by atoms with Crippen LogP contribution in [0.15, 0.2) is 12.7 Å². The molecule has 5 N–H and O–H groups in total. The van der Waals surface area contributed by atoms with E-state index in [2.05, 4.69) is 6.58 Å². The Kier molecular flexibility index (Phi) is 6.50. The average Bonchev–Trinajstić information content (AvgIpc) is 2.27. The molecule has 16 heavy (non-hydrogen) atoms. The Balaban J connectivity index is 4.14. The van der Waals surface area contributed by atoms with Crippen LogP contribution >= 0.6 is 0 Å². The predicted molar refractivity (Wildman–Crippen MR) is 53.1 cm³/mol. The van der Waals surface area contributed by atoms with Crippen molar-refractivity contribution in [1.29, 1.82) is 0 Å². The average molecular weight is 233 g/mol. The van der Waals surface area contributed by atoms with Crippen molar-refractivity contribution in [2.24, 2.45) is 0 Å². The molecule has 0 rings (SSSR count). The van der Waals surface area contributed by atoms with E-state index in [9.17, 15) is 19.8 Å².